The van der Waals surface area contributed by atoms with Crippen molar-refractivity contribution in [3.63, 3.8) is 0 Å². The van der Waals surface area contributed by atoms with Crippen LogP contribution in [0, 0.1) is 0 Å². The molecule has 5 nitrogen and oxygen atoms in total. The van der Waals surface area contributed by atoms with Crippen LogP contribution >= 0.6 is 0 Å². The van der Waals surface area contributed by atoms with Crippen molar-refractivity contribution in [3.8, 4) is 11.3 Å². The van der Waals surface area contributed by atoms with E-state index in [4.69, 9.17) is 0 Å². The molecule has 0 saturated carbocycles. The first-order chi connectivity index (χ1) is 9.04. The lowest BCUT2D eigenvalue weighted by Crippen LogP contribution is -1.97. The normalized spacial score (nSPS) is 11.8. The van der Waals surface area contributed by atoms with E-state index >= 15 is 0 Å². The zero-order chi connectivity index (χ0) is 13.5. The van der Waals surface area contributed by atoms with E-state index in [2.05, 4.69) is 10.1 Å². The molecule has 0 radical (unpaired) electrons. The average molecular weight is 273 g/mol. The largest absolute Gasteiger partial charge is 0.229 e. The summed E-state index contributed by atoms with van der Waals surface area (Å²) < 4.78 is 24.8. The molecule has 0 spiro atoms. The fourth-order valence-corrected chi connectivity index (χ4v) is 2.53. The summed E-state index contributed by atoms with van der Waals surface area (Å²) >= 11 is 0. The molecule has 2 aromatic heterocycles. The van der Waals surface area contributed by atoms with Gasteiger partial charge in [-0.2, -0.15) is 5.10 Å². The molecule has 1 aromatic carbocycles. The zero-order valence-electron chi connectivity index (χ0n) is 10.2. The van der Waals surface area contributed by atoms with E-state index in [1.807, 2.05) is 6.07 Å². The minimum absolute atomic E-state index is 0.292. The van der Waals surface area contributed by atoms with Crippen LogP contribution in [-0.4, -0.2) is 29.3 Å². The molecule has 0 aliphatic rings. The number of hydrogen-bond acceptors (Lipinski definition) is 4. The Morgan fingerprint density at radius 2 is 2.00 bits per heavy atom. The Labute approximate surface area is 110 Å². The van der Waals surface area contributed by atoms with Crippen LogP contribution in [0.25, 0.3) is 16.9 Å². The lowest BCUT2D eigenvalue weighted by molar-refractivity contribution is 0.602. The number of sulfone groups is 1. The third kappa shape index (κ3) is 2.22. The highest BCUT2D eigenvalue weighted by atomic mass is 32.2. The fraction of sp³-hybridized carbons (Fsp3) is 0.0769. The van der Waals surface area contributed by atoms with E-state index in [0.29, 0.717) is 4.90 Å². The molecule has 0 aliphatic heterocycles. The summed E-state index contributed by atoms with van der Waals surface area (Å²) in [5.41, 5.74) is 2.22. The molecule has 19 heavy (non-hydrogen) atoms. The Morgan fingerprint density at radius 3 is 2.79 bits per heavy atom. The van der Waals surface area contributed by atoms with Crippen molar-refractivity contribution in [2.75, 3.05) is 6.26 Å². The van der Waals surface area contributed by atoms with E-state index in [0.717, 1.165) is 16.9 Å². The van der Waals surface area contributed by atoms with E-state index in [-0.39, 0.29) is 0 Å². The Kier molecular flexibility index (Phi) is 2.60. The maximum Gasteiger partial charge on any atom is 0.175 e. The van der Waals surface area contributed by atoms with Crippen LogP contribution in [0.5, 0.6) is 0 Å². The number of benzene rings is 1. The van der Waals surface area contributed by atoms with Gasteiger partial charge in [0.2, 0.25) is 0 Å². The summed E-state index contributed by atoms with van der Waals surface area (Å²) in [6.07, 6.45) is 4.66. The summed E-state index contributed by atoms with van der Waals surface area (Å²) in [4.78, 5) is 4.73. The highest BCUT2D eigenvalue weighted by Gasteiger charge is 2.09. The average Bonchev–Trinajstić information content (AvgIpc) is 2.85. The molecule has 0 fully saturated rings. The highest BCUT2D eigenvalue weighted by molar-refractivity contribution is 7.90. The molecule has 0 bridgehead atoms. The second kappa shape index (κ2) is 4.17. The van der Waals surface area contributed by atoms with Crippen molar-refractivity contribution in [2.24, 2.45) is 0 Å². The molecule has 0 amide bonds. The van der Waals surface area contributed by atoms with Gasteiger partial charge in [0.25, 0.3) is 0 Å². The first-order valence-electron chi connectivity index (χ1n) is 5.65. The number of fused-ring (bicyclic) bond motifs is 1. The second-order valence-electron chi connectivity index (χ2n) is 4.25. The van der Waals surface area contributed by atoms with Crippen molar-refractivity contribution in [1.82, 2.24) is 14.6 Å². The molecular formula is C13H11N3O2S. The van der Waals surface area contributed by atoms with Gasteiger partial charge < -0.3 is 0 Å². The standard InChI is InChI=1S/C13H11N3O2S/c1-19(17,18)11-4-2-3-10(9-11)12-6-8-16-13(15-12)5-7-14-16/h2-9H,1H3. The molecule has 96 valence electrons. The monoisotopic (exact) mass is 273 g/mol. The quantitative estimate of drug-likeness (QED) is 0.714. The molecule has 0 saturated heterocycles. The third-order valence-electron chi connectivity index (χ3n) is 2.82. The van der Waals surface area contributed by atoms with Gasteiger partial charge in [0.1, 0.15) is 0 Å². The van der Waals surface area contributed by atoms with Crippen LogP contribution < -0.4 is 0 Å². The number of nitrogens with zero attached hydrogens (tertiary/aromatic N) is 3. The van der Waals surface area contributed by atoms with Crippen LogP contribution in [0.3, 0.4) is 0 Å². The lowest BCUT2D eigenvalue weighted by atomic mass is 10.1. The van der Waals surface area contributed by atoms with Crippen molar-refractivity contribution >= 4 is 15.5 Å². The van der Waals surface area contributed by atoms with Gasteiger partial charge in [0, 0.05) is 24.1 Å². The SMILES string of the molecule is CS(=O)(=O)c1cccc(-c2ccn3nccc3n2)c1. The first kappa shape index (κ1) is 11.9. The number of aromatic nitrogens is 3. The smallest absolute Gasteiger partial charge is 0.175 e. The van der Waals surface area contributed by atoms with Crippen LogP contribution in [0.15, 0.2) is 53.7 Å². The van der Waals surface area contributed by atoms with Crippen molar-refractivity contribution < 1.29 is 8.42 Å². The maximum absolute atomic E-state index is 11.6. The second-order valence-corrected chi connectivity index (χ2v) is 6.26. The van der Waals surface area contributed by atoms with Crippen molar-refractivity contribution in [2.45, 2.75) is 4.90 Å². The van der Waals surface area contributed by atoms with Gasteiger partial charge in [0.05, 0.1) is 16.8 Å². The summed E-state index contributed by atoms with van der Waals surface area (Å²) in [5.74, 6) is 0. The third-order valence-corrected chi connectivity index (χ3v) is 3.93. The Morgan fingerprint density at radius 1 is 1.16 bits per heavy atom. The molecule has 6 heteroatoms. The van der Waals surface area contributed by atoms with E-state index in [1.165, 1.54) is 6.26 Å². The molecule has 0 N–H and O–H groups in total. The fourth-order valence-electron chi connectivity index (χ4n) is 1.86. The summed E-state index contributed by atoms with van der Waals surface area (Å²) in [7, 11) is -3.21. The predicted octanol–water partition coefficient (Wildman–Crippen LogP) is 1.80. The topological polar surface area (TPSA) is 64.3 Å². The molecule has 0 atom stereocenters. The Bertz CT molecular complexity index is 853. The minimum Gasteiger partial charge on any atom is -0.229 e. The Balaban J connectivity index is 2.15. The van der Waals surface area contributed by atoms with Gasteiger partial charge in [-0.3, -0.25) is 0 Å². The minimum atomic E-state index is -3.21. The van der Waals surface area contributed by atoms with Gasteiger partial charge in [-0.05, 0) is 18.2 Å². The zero-order valence-corrected chi connectivity index (χ0v) is 11.0. The van der Waals surface area contributed by atoms with Gasteiger partial charge in [-0.25, -0.2) is 17.9 Å². The van der Waals surface area contributed by atoms with E-state index in [1.54, 1.807) is 47.2 Å². The number of hydrogen-bond donors (Lipinski definition) is 0. The van der Waals surface area contributed by atoms with E-state index < -0.39 is 9.84 Å². The highest BCUT2D eigenvalue weighted by Crippen LogP contribution is 2.21. The number of rotatable bonds is 2. The van der Waals surface area contributed by atoms with Crippen LogP contribution in [0.1, 0.15) is 0 Å². The molecule has 3 rings (SSSR count). The predicted molar refractivity (Wildman–Crippen MR) is 71.5 cm³/mol. The molecular weight excluding hydrogens is 262 g/mol. The summed E-state index contributed by atoms with van der Waals surface area (Å²) in [6, 6.07) is 10.4. The molecule has 3 aromatic rings. The first-order valence-corrected chi connectivity index (χ1v) is 7.54. The van der Waals surface area contributed by atoms with Crippen LogP contribution in [0.2, 0.25) is 0 Å². The van der Waals surface area contributed by atoms with Crippen LogP contribution in [0.4, 0.5) is 0 Å². The van der Waals surface area contributed by atoms with Gasteiger partial charge in [-0.15, -0.1) is 0 Å². The molecule has 0 aliphatic carbocycles. The van der Waals surface area contributed by atoms with Gasteiger partial charge >= 0.3 is 0 Å². The molecule has 0 unspecified atom stereocenters. The molecule has 2 heterocycles. The Hall–Kier alpha value is -2.21. The summed E-state index contributed by atoms with van der Waals surface area (Å²) in [5, 5.41) is 4.07. The van der Waals surface area contributed by atoms with E-state index in [9.17, 15) is 8.42 Å². The van der Waals surface area contributed by atoms with Gasteiger partial charge in [-0.1, -0.05) is 12.1 Å². The van der Waals surface area contributed by atoms with Crippen molar-refractivity contribution in [3.05, 3.63) is 48.8 Å². The lowest BCUT2D eigenvalue weighted by Gasteiger charge is -2.04. The maximum atomic E-state index is 11.6. The van der Waals surface area contributed by atoms with Crippen LogP contribution in [-0.2, 0) is 9.84 Å². The summed E-state index contributed by atoms with van der Waals surface area (Å²) in [6.45, 7) is 0. The van der Waals surface area contributed by atoms with Gasteiger partial charge in [0.15, 0.2) is 15.5 Å². The van der Waals surface area contributed by atoms with Crippen molar-refractivity contribution in [1.29, 1.82) is 0 Å².